The molecule has 1 aliphatic rings. The molecule has 0 spiro atoms. The minimum absolute atomic E-state index is 0.327. The highest BCUT2D eigenvalue weighted by Gasteiger charge is 2.32. The summed E-state index contributed by atoms with van der Waals surface area (Å²) in [4.78, 5) is 6.87. The summed E-state index contributed by atoms with van der Waals surface area (Å²) >= 11 is 0. The molecule has 0 aliphatic carbocycles. The number of aromatic nitrogens is 3. The largest absolute Gasteiger partial charge is 0.425 e. The summed E-state index contributed by atoms with van der Waals surface area (Å²) in [6.07, 6.45) is 4.12. The van der Waals surface area contributed by atoms with Crippen LogP contribution >= 0.6 is 0 Å². The number of hydrogen-bond acceptors (Lipinski definition) is 5. The highest BCUT2D eigenvalue weighted by molar-refractivity contribution is 5.06. The summed E-state index contributed by atoms with van der Waals surface area (Å²) < 4.78 is 5.63. The van der Waals surface area contributed by atoms with Crippen molar-refractivity contribution in [1.29, 1.82) is 0 Å². The summed E-state index contributed by atoms with van der Waals surface area (Å²) in [7, 11) is 0. The fraction of sp³-hybridized carbons (Fsp3) is 0.533. The fourth-order valence-electron chi connectivity index (χ4n) is 2.93. The van der Waals surface area contributed by atoms with E-state index >= 15 is 0 Å². The molecule has 0 bridgehead atoms. The Kier molecular flexibility index (Phi) is 3.78. The van der Waals surface area contributed by atoms with Crippen LogP contribution in [0.5, 0.6) is 0 Å². The third kappa shape index (κ3) is 2.72. The van der Waals surface area contributed by atoms with Gasteiger partial charge in [-0.05, 0) is 38.4 Å². The van der Waals surface area contributed by atoms with Crippen molar-refractivity contribution in [2.45, 2.75) is 45.2 Å². The Bertz CT molecular complexity index is 554. The van der Waals surface area contributed by atoms with Crippen molar-refractivity contribution in [2.24, 2.45) is 0 Å². The van der Waals surface area contributed by atoms with Gasteiger partial charge in [0.2, 0.25) is 11.8 Å². The molecule has 20 heavy (non-hydrogen) atoms. The first-order valence-corrected chi connectivity index (χ1v) is 7.18. The van der Waals surface area contributed by atoms with Crippen LogP contribution in [0, 0.1) is 6.92 Å². The van der Waals surface area contributed by atoms with Crippen LogP contribution in [0.2, 0.25) is 0 Å². The van der Waals surface area contributed by atoms with E-state index in [1.54, 1.807) is 0 Å². The number of rotatable bonds is 3. The molecule has 0 aromatic carbocycles. The summed E-state index contributed by atoms with van der Waals surface area (Å²) in [5, 5.41) is 8.16. The molecule has 5 heteroatoms. The summed E-state index contributed by atoms with van der Waals surface area (Å²) in [6.45, 7) is 6.06. The van der Waals surface area contributed by atoms with Crippen LogP contribution in [0.3, 0.4) is 0 Å². The Labute approximate surface area is 119 Å². The van der Waals surface area contributed by atoms with Crippen molar-refractivity contribution in [3.63, 3.8) is 0 Å². The maximum absolute atomic E-state index is 5.63. The van der Waals surface area contributed by atoms with E-state index in [-0.39, 0.29) is 0 Å². The summed E-state index contributed by atoms with van der Waals surface area (Å²) in [6, 6.07) is 6.46. The second-order valence-corrected chi connectivity index (χ2v) is 5.44. The van der Waals surface area contributed by atoms with Crippen molar-refractivity contribution >= 4 is 0 Å². The van der Waals surface area contributed by atoms with Crippen LogP contribution < -0.4 is 0 Å². The van der Waals surface area contributed by atoms with Crippen LogP contribution in [-0.2, 0) is 6.54 Å². The Hall–Kier alpha value is -1.75. The predicted octanol–water partition coefficient (Wildman–Crippen LogP) is 2.54. The normalized spacial score (nSPS) is 23.9. The van der Waals surface area contributed by atoms with Gasteiger partial charge in [-0.3, -0.25) is 9.88 Å². The van der Waals surface area contributed by atoms with Gasteiger partial charge in [0.15, 0.2) is 0 Å². The molecule has 3 rings (SSSR count). The van der Waals surface area contributed by atoms with Crippen molar-refractivity contribution in [2.75, 3.05) is 6.54 Å². The monoisotopic (exact) mass is 272 g/mol. The van der Waals surface area contributed by atoms with Crippen LogP contribution in [0.1, 0.15) is 43.2 Å². The molecule has 106 valence electrons. The Morgan fingerprint density at radius 2 is 2.25 bits per heavy atom. The number of aryl methyl sites for hydroxylation is 1. The van der Waals surface area contributed by atoms with Gasteiger partial charge in [0.1, 0.15) is 0 Å². The molecule has 1 aliphatic heterocycles. The number of nitrogens with zero attached hydrogens (tertiary/aromatic N) is 4. The lowest BCUT2D eigenvalue weighted by molar-refractivity contribution is 0.117. The SMILES string of the molecule is Cc1nnc([C@H]2CCCN(Cc3ccccn3)[C@H]2C)o1. The number of likely N-dealkylation sites (tertiary alicyclic amines) is 1. The van der Waals surface area contributed by atoms with E-state index < -0.39 is 0 Å². The van der Waals surface area contributed by atoms with Gasteiger partial charge in [0, 0.05) is 25.7 Å². The second kappa shape index (κ2) is 5.71. The molecule has 2 aromatic rings. The first-order chi connectivity index (χ1) is 9.74. The minimum atomic E-state index is 0.327. The maximum Gasteiger partial charge on any atom is 0.221 e. The van der Waals surface area contributed by atoms with Gasteiger partial charge in [-0.25, -0.2) is 0 Å². The number of hydrogen-bond donors (Lipinski definition) is 0. The van der Waals surface area contributed by atoms with Crippen LogP contribution in [0.15, 0.2) is 28.8 Å². The molecular formula is C15H20N4O. The molecule has 3 heterocycles. The van der Waals surface area contributed by atoms with E-state index in [1.807, 2.05) is 25.3 Å². The maximum atomic E-state index is 5.63. The molecule has 0 radical (unpaired) electrons. The Morgan fingerprint density at radius 1 is 1.35 bits per heavy atom. The minimum Gasteiger partial charge on any atom is -0.425 e. The van der Waals surface area contributed by atoms with E-state index in [4.69, 9.17) is 4.42 Å². The van der Waals surface area contributed by atoms with Crippen LogP contribution in [0.4, 0.5) is 0 Å². The lowest BCUT2D eigenvalue weighted by Gasteiger charge is -2.37. The van der Waals surface area contributed by atoms with Gasteiger partial charge in [-0.2, -0.15) is 0 Å². The van der Waals surface area contributed by atoms with Gasteiger partial charge in [-0.1, -0.05) is 6.07 Å². The quantitative estimate of drug-likeness (QED) is 0.859. The average molecular weight is 272 g/mol. The molecule has 0 N–H and O–H groups in total. The standard InChI is InChI=1S/C15H20N4O/c1-11-14(15-18-17-12(2)20-15)7-5-9-19(11)10-13-6-3-4-8-16-13/h3-4,6,8,11,14H,5,7,9-10H2,1-2H3/t11-,14-/m0/s1. The molecule has 0 unspecified atom stereocenters. The van der Waals surface area contributed by atoms with E-state index in [0.29, 0.717) is 17.9 Å². The first-order valence-electron chi connectivity index (χ1n) is 7.18. The molecule has 1 saturated heterocycles. The molecule has 0 amide bonds. The third-order valence-electron chi connectivity index (χ3n) is 4.07. The molecule has 2 aromatic heterocycles. The highest BCUT2D eigenvalue weighted by atomic mass is 16.4. The zero-order valence-corrected chi connectivity index (χ0v) is 12.0. The predicted molar refractivity (Wildman–Crippen MR) is 75.1 cm³/mol. The Balaban J connectivity index is 1.73. The highest BCUT2D eigenvalue weighted by Crippen LogP contribution is 2.32. The Morgan fingerprint density at radius 3 is 2.95 bits per heavy atom. The summed E-state index contributed by atoms with van der Waals surface area (Å²) in [5.74, 6) is 1.75. The number of piperidine rings is 1. The van der Waals surface area contributed by atoms with Gasteiger partial charge in [0.05, 0.1) is 11.6 Å². The molecule has 0 saturated carbocycles. The fourth-order valence-corrected chi connectivity index (χ4v) is 2.93. The average Bonchev–Trinajstić information content (AvgIpc) is 2.89. The lowest BCUT2D eigenvalue weighted by atomic mass is 9.90. The molecular weight excluding hydrogens is 252 g/mol. The van der Waals surface area contributed by atoms with Crippen LogP contribution in [0.25, 0.3) is 0 Å². The van der Waals surface area contributed by atoms with Crippen LogP contribution in [-0.4, -0.2) is 32.7 Å². The molecule has 2 atom stereocenters. The van der Waals surface area contributed by atoms with E-state index in [0.717, 1.165) is 37.5 Å². The molecule has 5 nitrogen and oxygen atoms in total. The van der Waals surface area contributed by atoms with Crippen molar-refractivity contribution in [3.05, 3.63) is 41.9 Å². The zero-order chi connectivity index (χ0) is 13.9. The van der Waals surface area contributed by atoms with Crippen molar-refractivity contribution < 1.29 is 4.42 Å². The van der Waals surface area contributed by atoms with Gasteiger partial charge in [-0.15, -0.1) is 10.2 Å². The molecule has 1 fully saturated rings. The third-order valence-corrected chi connectivity index (χ3v) is 4.07. The lowest BCUT2D eigenvalue weighted by Crippen LogP contribution is -2.42. The van der Waals surface area contributed by atoms with Crippen molar-refractivity contribution in [1.82, 2.24) is 20.1 Å². The van der Waals surface area contributed by atoms with E-state index in [9.17, 15) is 0 Å². The van der Waals surface area contributed by atoms with E-state index in [2.05, 4.69) is 33.1 Å². The van der Waals surface area contributed by atoms with Gasteiger partial charge >= 0.3 is 0 Å². The summed E-state index contributed by atoms with van der Waals surface area (Å²) in [5.41, 5.74) is 1.11. The smallest absolute Gasteiger partial charge is 0.221 e. The zero-order valence-electron chi connectivity index (χ0n) is 12.0. The van der Waals surface area contributed by atoms with Gasteiger partial charge in [0.25, 0.3) is 0 Å². The van der Waals surface area contributed by atoms with Crippen molar-refractivity contribution in [3.8, 4) is 0 Å². The first kappa shape index (κ1) is 13.2. The van der Waals surface area contributed by atoms with E-state index in [1.165, 1.54) is 0 Å². The van der Waals surface area contributed by atoms with Gasteiger partial charge < -0.3 is 4.42 Å². The second-order valence-electron chi connectivity index (χ2n) is 5.44. The topological polar surface area (TPSA) is 55.1 Å². The number of pyridine rings is 1.